The molecule has 0 aromatic carbocycles. The van der Waals surface area contributed by atoms with Crippen LogP contribution in [-0.4, -0.2) is 32.3 Å². The summed E-state index contributed by atoms with van der Waals surface area (Å²) in [7, 11) is -3.13. The molecule has 4 bridgehead atoms. The molecule has 4 aliphatic carbocycles. The largest absolute Gasteiger partial charge is 0.314 e. The maximum absolute atomic E-state index is 12.4. The first-order valence-electron chi connectivity index (χ1n) is 8.61. The Labute approximate surface area is 129 Å². The SMILES string of the molecule is CC(C)NCCCS(=O)(=O)NC12CC3CC(CC(C3)C1)C2. The lowest BCUT2D eigenvalue weighted by molar-refractivity contribution is -0.00809. The molecule has 122 valence electrons. The Balaban J connectivity index is 1.55. The van der Waals surface area contributed by atoms with Crippen molar-refractivity contribution in [2.75, 3.05) is 12.3 Å². The van der Waals surface area contributed by atoms with Gasteiger partial charge in [0.2, 0.25) is 10.0 Å². The van der Waals surface area contributed by atoms with Crippen LogP contribution in [0.25, 0.3) is 0 Å². The maximum Gasteiger partial charge on any atom is 0.212 e. The molecule has 0 saturated heterocycles. The summed E-state index contributed by atoms with van der Waals surface area (Å²) in [4.78, 5) is 0. The van der Waals surface area contributed by atoms with E-state index in [0.717, 1.165) is 43.6 Å². The van der Waals surface area contributed by atoms with Crippen LogP contribution in [0.3, 0.4) is 0 Å². The summed E-state index contributed by atoms with van der Waals surface area (Å²) in [6.07, 6.45) is 7.99. The van der Waals surface area contributed by atoms with Gasteiger partial charge in [-0.05, 0) is 69.2 Å². The number of hydrogen-bond acceptors (Lipinski definition) is 3. The Kier molecular flexibility index (Phi) is 4.37. The molecule has 4 aliphatic rings. The van der Waals surface area contributed by atoms with E-state index < -0.39 is 10.0 Å². The van der Waals surface area contributed by atoms with Crippen molar-refractivity contribution in [2.45, 2.75) is 70.4 Å². The number of rotatable bonds is 7. The highest BCUT2D eigenvalue weighted by Gasteiger charge is 2.52. The maximum atomic E-state index is 12.4. The van der Waals surface area contributed by atoms with Gasteiger partial charge in [-0.2, -0.15) is 0 Å². The molecule has 4 fully saturated rings. The lowest BCUT2D eigenvalue weighted by Crippen LogP contribution is -2.60. The van der Waals surface area contributed by atoms with Gasteiger partial charge in [-0.1, -0.05) is 13.8 Å². The molecule has 0 amide bonds. The Bertz CT molecular complexity index is 437. The standard InChI is InChI=1S/C16H30N2O2S/c1-12(2)17-4-3-5-21(19,20)18-16-9-13-6-14(10-16)8-15(7-13)11-16/h12-15,17-18H,3-11H2,1-2H3. The molecule has 4 saturated carbocycles. The second-order valence-electron chi connectivity index (χ2n) is 8.08. The van der Waals surface area contributed by atoms with Crippen molar-refractivity contribution in [2.24, 2.45) is 17.8 Å². The molecule has 0 atom stereocenters. The predicted octanol–water partition coefficient (Wildman–Crippen LogP) is 2.26. The van der Waals surface area contributed by atoms with Gasteiger partial charge in [0.25, 0.3) is 0 Å². The summed E-state index contributed by atoms with van der Waals surface area (Å²) in [6, 6.07) is 0.420. The molecular weight excluding hydrogens is 284 g/mol. The minimum atomic E-state index is -3.13. The second kappa shape index (κ2) is 5.82. The molecule has 2 N–H and O–H groups in total. The van der Waals surface area contributed by atoms with E-state index in [-0.39, 0.29) is 11.3 Å². The third-order valence-corrected chi connectivity index (χ3v) is 7.12. The van der Waals surface area contributed by atoms with Crippen LogP contribution in [0.4, 0.5) is 0 Å². The van der Waals surface area contributed by atoms with Crippen molar-refractivity contribution in [3.05, 3.63) is 0 Å². The zero-order valence-corrected chi connectivity index (χ0v) is 14.2. The van der Waals surface area contributed by atoms with Crippen molar-refractivity contribution in [1.29, 1.82) is 0 Å². The highest BCUT2D eigenvalue weighted by atomic mass is 32.2. The van der Waals surface area contributed by atoms with Gasteiger partial charge in [0.1, 0.15) is 0 Å². The van der Waals surface area contributed by atoms with Crippen molar-refractivity contribution in [3.8, 4) is 0 Å². The molecular formula is C16H30N2O2S. The molecule has 21 heavy (non-hydrogen) atoms. The monoisotopic (exact) mass is 314 g/mol. The molecule has 4 nitrogen and oxygen atoms in total. The van der Waals surface area contributed by atoms with E-state index in [1.807, 2.05) is 0 Å². The minimum Gasteiger partial charge on any atom is -0.314 e. The van der Waals surface area contributed by atoms with Crippen LogP contribution < -0.4 is 10.0 Å². The second-order valence-corrected chi connectivity index (χ2v) is 9.92. The van der Waals surface area contributed by atoms with E-state index in [2.05, 4.69) is 23.9 Å². The fraction of sp³-hybridized carbons (Fsp3) is 1.00. The van der Waals surface area contributed by atoms with E-state index in [1.54, 1.807) is 0 Å². The molecule has 0 radical (unpaired) electrons. The molecule has 5 heteroatoms. The number of nitrogens with one attached hydrogen (secondary N) is 2. The highest BCUT2D eigenvalue weighted by molar-refractivity contribution is 7.89. The summed E-state index contributed by atoms with van der Waals surface area (Å²) in [5, 5.41) is 3.29. The van der Waals surface area contributed by atoms with Gasteiger partial charge in [-0.15, -0.1) is 0 Å². The van der Waals surface area contributed by atoms with Crippen molar-refractivity contribution in [1.82, 2.24) is 10.0 Å². The summed E-state index contributed by atoms with van der Waals surface area (Å²) < 4.78 is 28.0. The van der Waals surface area contributed by atoms with Gasteiger partial charge in [0.15, 0.2) is 0 Å². The van der Waals surface area contributed by atoms with Gasteiger partial charge < -0.3 is 5.32 Å². The molecule has 0 heterocycles. The van der Waals surface area contributed by atoms with Gasteiger partial charge in [0, 0.05) is 11.6 Å². The molecule has 0 aliphatic heterocycles. The fourth-order valence-corrected chi connectivity index (χ4v) is 6.81. The average molecular weight is 314 g/mol. The topological polar surface area (TPSA) is 58.2 Å². The Morgan fingerprint density at radius 2 is 1.57 bits per heavy atom. The fourth-order valence-electron chi connectivity index (χ4n) is 5.27. The molecule has 0 aromatic rings. The third-order valence-electron chi connectivity index (χ3n) is 5.55. The van der Waals surface area contributed by atoms with Crippen molar-refractivity contribution >= 4 is 10.0 Å². The number of sulfonamides is 1. The summed E-state index contributed by atoms with van der Waals surface area (Å²) >= 11 is 0. The Hall–Kier alpha value is -0.130. The minimum absolute atomic E-state index is 0.0843. The summed E-state index contributed by atoms with van der Waals surface area (Å²) in [5.41, 5.74) is -0.0843. The van der Waals surface area contributed by atoms with E-state index in [1.165, 1.54) is 19.3 Å². The smallest absolute Gasteiger partial charge is 0.212 e. The Morgan fingerprint density at radius 1 is 1.05 bits per heavy atom. The van der Waals surface area contributed by atoms with E-state index in [0.29, 0.717) is 12.5 Å². The summed E-state index contributed by atoms with van der Waals surface area (Å²) in [6.45, 7) is 4.95. The van der Waals surface area contributed by atoms with Gasteiger partial charge in [0.05, 0.1) is 5.75 Å². The Morgan fingerprint density at radius 3 is 2.05 bits per heavy atom. The lowest BCUT2D eigenvalue weighted by atomic mass is 9.53. The van der Waals surface area contributed by atoms with Gasteiger partial charge in [-0.3, -0.25) is 0 Å². The van der Waals surface area contributed by atoms with Gasteiger partial charge in [-0.25, -0.2) is 13.1 Å². The van der Waals surface area contributed by atoms with E-state index in [9.17, 15) is 8.42 Å². The zero-order valence-electron chi connectivity index (χ0n) is 13.4. The molecule has 0 aromatic heterocycles. The first-order chi connectivity index (χ1) is 9.86. The predicted molar refractivity (Wildman–Crippen MR) is 85.6 cm³/mol. The van der Waals surface area contributed by atoms with Crippen LogP contribution in [0.15, 0.2) is 0 Å². The normalized spacial score (nSPS) is 38.3. The number of hydrogen-bond donors (Lipinski definition) is 2. The van der Waals surface area contributed by atoms with Crippen LogP contribution in [0.2, 0.25) is 0 Å². The van der Waals surface area contributed by atoms with Crippen LogP contribution in [-0.2, 0) is 10.0 Å². The van der Waals surface area contributed by atoms with Crippen molar-refractivity contribution < 1.29 is 8.42 Å². The average Bonchev–Trinajstić information content (AvgIpc) is 2.31. The first-order valence-corrected chi connectivity index (χ1v) is 10.3. The lowest BCUT2D eigenvalue weighted by Gasteiger charge is -2.56. The van der Waals surface area contributed by atoms with E-state index >= 15 is 0 Å². The zero-order chi connectivity index (χ0) is 15.1. The quantitative estimate of drug-likeness (QED) is 0.709. The third kappa shape index (κ3) is 3.80. The molecule has 0 spiro atoms. The van der Waals surface area contributed by atoms with Crippen LogP contribution >= 0.6 is 0 Å². The highest BCUT2D eigenvalue weighted by Crippen LogP contribution is 2.55. The van der Waals surface area contributed by atoms with Crippen molar-refractivity contribution in [3.63, 3.8) is 0 Å². The van der Waals surface area contributed by atoms with E-state index in [4.69, 9.17) is 0 Å². The first kappa shape index (κ1) is 15.8. The van der Waals surface area contributed by atoms with Crippen LogP contribution in [0.5, 0.6) is 0 Å². The van der Waals surface area contributed by atoms with Gasteiger partial charge >= 0.3 is 0 Å². The van der Waals surface area contributed by atoms with Crippen LogP contribution in [0, 0.1) is 17.8 Å². The molecule has 4 rings (SSSR count). The molecule has 0 unspecified atom stereocenters. The summed E-state index contributed by atoms with van der Waals surface area (Å²) in [5.74, 6) is 2.60. The van der Waals surface area contributed by atoms with Crippen LogP contribution in [0.1, 0.15) is 58.8 Å².